The van der Waals surface area contributed by atoms with Gasteiger partial charge in [0.05, 0.1) is 0 Å². The number of hydrogen-bond donors (Lipinski definition) is 1. The first-order valence-electron chi connectivity index (χ1n) is 5.82. The lowest BCUT2D eigenvalue weighted by Crippen LogP contribution is -2.00. The third kappa shape index (κ3) is 3.26. The van der Waals surface area contributed by atoms with Crippen LogP contribution in [0.25, 0.3) is 0 Å². The van der Waals surface area contributed by atoms with Crippen LogP contribution in [0, 0.1) is 12.7 Å². The maximum atomic E-state index is 13.1. The molecule has 1 N–H and O–H groups in total. The molecule has 94 valence electrons. The zero-order chi connectivity index (χ0) is 13.0. The van der Waals surface area contributed by atoms with Crippen LogP contribution in [0.1, 0.15) is 11.1 Å². The molecule has 0 aliphatic rings. The minimum Gasteiger partial charge on any atom is -0.381 e. The van der Waals surface area contributed by atoms with Gasteiger partial charge in [-0.1, -0.05) is 12.1 Å². The number of rotatable bonds is 4. The summed E-state index contributed by atoms with van der Waals surface area (Å²) in [5, 5.41) is 3.33. The van der Waals surface area contributed by atoms with Crippen molar-refractivity contribution >= 4 is 17.4 Å². The molecular weight excluding hydrogens is 245 g/mol. The molecule has 1 nitrogen and oxygen atoms in total. The Morgan fingerprint density at radius 2 is 1.83 bits per heavy atom. The Kier molecular flexibility index (Phi) is 4.26. The van der Waals surface area contributed by atoms with E-state index in [1.165, 1.54) is 11.0 Å². The van der Waals surface area contributed by atoms with Crippen molar-refractivity contribution in [3.8, 4) is 0 Å². The van der Waals surface area contributed by atoms with Gasteiger partial charge in [-0.25, -0.2) is 4.39 Å². The monoisotopic (exact) mass is 261 g/mol. The van der Waals surface area contributed by atoms with Crippen LogP contribution in [0.5, 0.6) is 0 Å². The number of anilines is 1. The molecule has 2 rings (SSSR count). The summed E-state index contributed by atoms with van der Waals surface area (Å²) in [6.07, 6.45) is 2.06. The topological polar surface area (TPSA) is 12.0 Å². The lowest BCUT2D eigenvalue weighted by atomic mass is 10.1. The van der Waals surface area contributed by atoms with Gasteiger partial charge in [0.1, 0.15) is 5.82 Å². The number of aryl methyl sites for hydroxylation is 1. The second-order valence-corrected chi connectivity index (χ2v) is 5.05. The van der Waals surface area contributed by atoms with E-state index in [2.05, 4.69) is 35.8 Å². The molecule has 0 amide bonds. The van der Waals surface area contributed by atoms with Crippen LogP contribution in [0.3, 0.4) is 0 Å². The maximum absolute atomic E-state index is 13.1. The molecule has 0 saturated heterocycles. The summed E-state index contributed by atoms with van der Waals surface area (Å²) >= 11 is 1.73. The molecule has 0 aromatic heterocycles. The Morgan fingerprint density at radius 1 is 1.11 bits per heavy atom. The Morgan fingerprint density at radius 3 is 2.44 bits per heavy atom. The number of nitrogens with one attached hydrogen (secondary N) is 1. The fraction of sp³-hybridized carbons (Fsp3) is 0.200. The highest BCUT2D eigenvalue weighted by atomic mass is 32.2. The normalized spacial score (nSPS) is 10.4. The number of hydrogen-bond acceptors (Lipinski definition) is 2. The Bertz CT molecular complexity index is 523. The van der Waals surface area contributed by atoms with E-state index in [0.29, 0.717) is 12.1 Å². The number of thioether (sulfide) groups is 1. The summed E-state index contributed by atoms with van der Waals surface area (Å²) in [6.45, 7) is 2.49. The van der Waals surface area contributed by atoms with E-state index in [1.807, 2.05) is 12.1 Å². The molecule has 3 heteroatoms. The molecule has 2 aromatic carbocycles. The van der Waals surface area contributed by atoms with Crippen LogP contribution >= 0.6 is 11.8 Å². The summed E-state index contributed by atoms with van der Waals surface area (Å²) in [5.41, 5.74) is 2.85. The second kappa shape index (κ2) is 5.91. The van der Waals surface area contributed by atoms with Crippen molar-refractivity contribution in [3.63, 3.8) is 0 Å². The van der Waals surface area contributed by atoms with Gasteiger partial charge < -0.3 is 5.32 Å². The van der Waals surface area contributed by atoms with Crippen molar-refractivity contribution in [3.05, 3.63) is 59.4 Å². The van der Waals surface area contributed by atoms with Gasteiger partial charge in [0.15, 0.2) is 0 Å². The number of benzene rings is 2. The standard InChI is InChI=1S/C15H16FNS/c1-11-9-12(3-8-15(11)16)10-17-13-4-6-14(18-2)7-5-13/h3-9,17H,10H2,1-2H3. The van der Waals surface area contributed by atoms with E-state index in [0.717, 1.165) is 11.3 Å². The minimum absolute atomic E-state index is 0.150. The maximum Gasteiger partial charge on any atom is 0.126 e. The molecule has 0 aliphatic heterocycles. The van der Waals surface area contributed by atoms with Crippen LogP contribution in [0.2, 0.25) is 0 Å². The van der Waals surface area contributed by atoms with Crippen LogP contribution in [-0.2, 0) is 6.54 Å². The van der Waals surface area contributed by atoms with Gasteiger partial charge >= 0.3 is 0 Å². The molecule has 0 bridgehead atoms. The average molecular weight is 261 g/mol. The van der Waals surface area contributed by atoms with Crippen molar-refractivity contribution in [1.29, 1.82) is 0 Å². The molecule has 0 aliphatic carbocycles. The van der Waals surface area contributed by atoms with Crippen molar-refractivity contribution in [2.24, 2.45) is 0 Å². The fourth-order valence-corrected chi connectivity index (χ4v) is 2.14. The number of halogens is 1. The van der Waals surface area contributed by atoms with Gasteiger partial charge in [0, 0.05) is 17.1 Å². The lowest BCUT2D eigenvalue weighted by Gasteiger charge is -2.08. The van der Waals surface area contributed by atoms with Crippen LogP contribution in [-0.4, -0.2) is 6.26 Å². The molecular formula is C15H16FNS. The Hall–Kier alpha value is -1.48. The van der Waals surface area contributed by atoms with Crippen LogP contribution in [0.4, 0.5) is 10.1 Å². The summed E-state index contributed by atoms with van der Waals surface area (Å²) < 4.78 is 13.1. The summed E-state index contributed by atoms with van der Waals surface area (Å²) in [4.78, 5) is 1.25. The summed E-state index contributed by atoms with van der Waals surface area (Å²) in [7, 11) is 0. The highest BCUT2D eigenvalue weighted by Crippen LogP contribution is 2.18. The fourth-order valence-electron chi connectivity index (χ4n) is 1.73. The van der Waals surface area contributed by atoms with Crippen molar-refractivity contribution in [2.75, 3.05) is 11.6 Å². The average Bonchev–Trinajstić information content (AvgIpc) is 2.41. The summed E-state index contributed by atoms with van der Waals surface area (Å²) in [6, 6.07) is 13.5. The zero-order valence-corrected chi connectivity index (χ0v) is 11.4. The summed E-state index contributed by atoms with van der Waals surface area (Å²) in [5.74, 6) is -0.150. The van der Waals surface area contributed by atoms with Gasteiger partial charge in [-0.05, 0) is 54.6 Å². The molecule has 0 atom stereocenters. The van der Waals surface area contributed by atoms with Crippen molar-refractivity contribution in [2.45, 2.75) is 18.4 Å². The van der Waals surface area contributed by atoms with Gasteiger partial charge in [0.2, 0.25) is 0 Å². The first-order chi connectivity index (χ1) is 8.69. The molecule has 0 fully saturated rings. The van der Waals surface area contributed by atoms with Gasteiger partial charge in [0.25, 0.3) is 0 Å². The smallest absolute Gasteiger partial charge is 0.126 e. The van der Waals surface area contributed by atoms with E-state index in [4.69, 9.17) is 0 Å². The predicted octanol–water partition coefficient (Wildman–Crippen LogP) is 4.47. The predicted molar refractivity (Wildman–Crippen MR) is 76.7 cm³/mol. The molecule has 2 aromatic rings. The third-order valence-electron chi connectivity index (χ3n) is 2.81. The zero-order valence-electron chi connectivity index (χ0n) is 10.5. The highest BCUT2D eigenvalue weighted by Gasteiger charge is 1.99. The molecule has 0 radical (unpaired) electrons. The van der Waals surface area contributed by atoms with Gasteiger partial charge in [-0.15, -0.1) is 11.8 Å². The van der Waals surface area contributed by atoms with E-state index < -0.39 is 0 Å². The first-order valence-corrected chi connectivity index (χ1v) is 7.04. The molecule has 0 saturated carbocycles. The molecule has 18 heavy (non-hydrogen) atoms. The van der Waals surface area contributed by atoms with Crippen LogP contribution in [0.15, 0.2) is 47.4 Å². The highest BCUT2D eigenvalue weighted by molar-refractivity contribution is 7.98. The van der Waals surface area contributed by atoms with Crippen molar-refractivity contribution < 1.29 is 4.39 Å². The van der Waals surface area contributed by atoms with Crippen LogP contribution < -0.4 is 5.32 Å². The Balaban J connectivity index is 1.99. The van der Waals surface area contributed by atoms with E-state index in [1.54, 1.807) is 18.7 Å². The quantitative estimate of drug-likeness (QED) is 0.815. The Labute approximate surface area is 111 Å². The molecule has 0 heterocycles. The first kappa shape index (κ1) is 13.0. The van der Waals surface area contributed by atoms with Crippen molar-refractivity contribution in [1.82, 2.24) is 0 Å². The van der Waals surface area contributed by atoms with E-state index in [9.17, 15) is 4.39 Å². The largest absolute Gasteiger partial charge is 0.381 e. The van der Waals surface area contributed by atoms with E-state index in [-0.39, 0.29) is 5.82 Å². The second-order valence-electron chi connectivity index (χ2n) is 4.17. The molecule has 0 spiro atoms. The van der Waals surface area contributed by atoms with E-state index >= 15 is 0 Å². The van der Waals surface area contributed by atoms with Gasteiger partial charge in [-0.3, -0.25) is 0 Å². The van der Waals surface area contributed by atoms with Gasteiger partial charge in [-0.2, -0.15) is 0 Å². The third-order valence-corrected chi connectivity index (χ3v) is 3.55. The SMILES string of the molecule is CSc1ccc(NCc2ccc(F)c(C)c2)cc1. The minimum atomic E-state index is -0.150. The lowest BCUT2D eigenvalue weighted by molar-refractivity contribution is 0.617. The molecule has 0 unspecified atom stereocenters.